The standard InChI is InChI=1S/C12H24F2N2O2/c1-12(2,5-3-6-15)9-16-11(17)4-7-18-8-10(13)14/h10H,3-9,15H2,1-2H3,(H,16,17). The lowest BCUT2D eigenvalue weighted by atomic mass is 9.88. The largest absolute Gasteiger partial charge is 0.375 e. The van der Waals surface area contributed by atoms with E-state index in [1.165, 1.54) is 0 Å². The summed E-state index contributed by atoms with van der Waals surface area (Å²) in [6, 6.07) is 0. The molecule has 108 valence electrons. The monoisotopic (exact) mass is 266 g/mol. The molecule has 0 radical (unpaired) electrons. The first-order valence-electron chi connectivity index (χ1n) is 6.20. The molecule has 0 saturated heterocycles. The van der Waals surface area contributed by atoms with Crippen LogP contribution in [0, 0.1) is 5.41 Å². The number of ether oxygens (including phenoxy) is 1. The molecule has 6 heteroatoms. The van der Waals surface area contributed by atoms with Crippen molar-refractivity contribution in [2.75, 3.05) is 26.3 Å². The van der Waals surface area contributed by atoms with Gasteiger partial charge in [-0.05, 0) is 24.8 Å². The Morgan fingerprint density at radius 2 is 2.11 bits per heavy atom. The zero-order valence-corrected chi connectivity index (χ0v) is 11.2. The lowest BCUT2D eigenvalue weighted by Crippen LogP contribution is -2.34. The minimum atomic E-state index is -2.48. The molecular formula is C12H24F2N2O2. The van der Waals surface area contributed by atoms with Gasteiger partial charge in [0.1, 0.15) is 6.61 Å². The van der Waals surface area contributed by atoms with Crippen LogP contribution in [0.5, 0.6) is 0 Å². The molecule has 4 nitrogen and oxygen atoms in total. The predicted molar refractivity (Wildman–Crippen MR) is 66.5 cm³/mol. The molecular weight excluding hydrogens is 242 g/mol. The summed E-state index contributed by atoms with van der Waals surface area (Å²) in [7, 11) is 0. The highest BCUT2D eigenvalue weighted by Gasteiger charge is 2.18. The number of hydrogen-bond acceptors (Lipinski definition) is 3. The van der Waals surface area contributed by atoms with Crippen molar-refractivity contribution in [1.29, 1.82) is 0 Å². The minimum absolute atomic E-state index is 0.00113. The topological polar surface area (TPSA) is 64.3 Å². The average Bonchev–Trinajstić information content (AvgIpc) is 2.29. The first-order chi connectivity index (χ1) is 8.37. The van der Waals surface area contributed by atoms with Crippen molar-refractivity contribution in [3.05, 3.63) is 0 Å². The van der Waals surface area contributed by atoms with Crippen LogP contribution in [0.1, 0.15) is 33.1 Å². The highest BCUT2D eigenvalue weighted by atomic mass is 19.3. The quantitative estimate of drug-likeness (QED) is 0.589. The number of hydrogen-bond donors (Lipinski definition) is 2. The van der Waals surface area contributed by atoms with Crippen LogP contribution >= 0.6 is 0 Å². The zero-order chi connectivity index (χ0) is 14.0. The molecule has 18 heavy (non-hydrogen) atoms. The predicted octanol–water partition coefficient (Wildman–Crippen LogP) is 1.54. The Kier molecular flexibility index (Phi) is 8.83. The summed E-state index contributed by atoms with van der Waals surface area (Å²) in [6.07, 6.45) is -0.519. The summed E-state index contributed by atoms with van der Waals surface area (Å²) in [6.45, 7) is 4.71. The van der Waals surface area contributed by atoms with Crippen LogP contribution in [-0.2, 0) is 9.53 Å². The average molecular weight is 266 g/mol. The van der Waals surface area contributed by atoms with E-state index < -0.39 is 13.0 Å². The molecule has 3 N–H and O–H groups in total. The van der Waals surface area contributed by atoms with Gasteiger partial charge in [-0.25, -0.2) is 8.78 Å². The minimum Gasteiger partial charge on any atom is -0.375 e. The van der Waals surface area contributed by atoms with Gasteiger partial charge in [0.2, 0.25) is 5.91 Å². The van der Waals surface area contributed by atoms with Gasteiger partial charge in [-0.15, -0.1) is 0 Å². The molecule has 0 fully saturated rings. The maximum absolute atomic E-state index is 11.7. The number of halogens is 2. The third-order valence-corrected chi connectivity index (χ3v) is 2.54. The second-order valence-corrected chi connectivity index (χ2v) is 5.05. The fourth-order valence-corrected chi connectivity index (χ4v) is 1.43. The number of nitrogens with two attached hydrogens (primary N) is 1. The highest BCUT2D eigenvalue weighted by Crippen LogP contribution is 2.20. The van der Waals surface area contributed by atoms with E-state index in [1.807, 2.05) is 0 Å². The van der Waals surface area contributed by atoms with Gasteiger partial charge in [0, 0.05) is 13.0 Å². The van der Waals surface area contributed by atoms with Crippen molar-refractivity contribution >= 4 is 5.91 Å². The van der Waals surface area contributed by atoms with Crippen LogP contribution in [0.3, 0.4) is 0 Å². The molecule has 0 spiro atoms. The van der Waals surface area contributed by atoms with Gasteiger partial charge in [-0.1, -0.05) is 13.8 Å². The second-order valence-electron chi connectivity index (χ2n) is 5.05. The summed E-state index contributed by atoms with van der Waals surface area (Å²) in [5.41, 5.74) is 5.43. The molecule has 0 atom stereocenters. The summed E-state index contributed by atoms with van der Waals surface area (Å²) in [5.74, 6) is -0.176. The molecule has 0 heterocycles. The van der Waals surface area contributed by atoms with Crippen molar-refractivity contribution in [1.82, 2.24) is 5.32 Å². The van der Waals surface area contributed by atoms with E-state index in [2.05, 4.69) is 23.9 Å². The van der Waals surface area contributed by atoms with Crippen LogP contribution in [0.25, 0.3) is 0 Å². The number of carbonyl (C=O) groups excluding carboxylic acids is 1. The number of carbonyl (C=O) groups is 1. The van der Waals surface area contributed by atoms with E-state index in [1.54, 1.807) is 0 Å². The Hall–Kier alpha value is -0.750. The number of alkyl halides is 2. The van der Waals surface area contributed by atoms with Crippen LogP contribution in [0.4, 0.5) is 8.78 Å². The van der Waals surface area contributed by atoms with Crippen LogP contribution in [0.15, 0.2) is 0 Å². The van der Waals surface area contributed by atoms with Gasteiger partial charge in [0.25, 0.3) is 6.43 Å². The van der Waals surface area contributed by atoms with E-state index >= 15 is 0 Å². The molecule has 1 amide bonds. The molecule has 0 aromatic rings. The normalized spacial score (nSPS) is 11.9. The molecule has 0 aliphatic rings. The number of rotatable bonds is 10. The molecule has 0 aromatic carbocycles. The van der Waals surface area contributed by atoms with Gasteiger partial charge in [0.05, 0.1) is 6.61 Å². The van der Waals surface area contributed by atoms with E-state index in [0.29, 0.717) is 13.1 Å². The molecule has 0 rings (SSSR count). The van der Waals surface area contributed by atoms with Gasteiger partial charge in [0.15, 0.2) is 0 Å². The van der Waals surface area contributed by atoms with Crippen LogP contribution in [0.2, 0.25) is 0 Å². The molecule has 0 aromatic heterocycles. The summed E-state index contributed by atoms with van der Waals surface area (Å²) in [4.78, 5) is 11.4. The van der Waals surface area contributed by atoms with E-state index in [0.717, 1.165) is 12.8 Å². The number of nitrogens with one attached hydrogen (secondary N) is 1. The highest BCUT2D eigenvalue weighted by molar-refractivity contribution is 5.75. The van der Waals surface area contributed by atoms with E-state index in [4.69, 9.17) is 5.73 Å². The Morgan fingerprint density at radius 1 is 1.44 bits per heavy atom. The third kappa shape index (κ3) is 10.4. The number of amides is 1. The van der Waals surface area contributed by atoms with Gasteiger partial charge in [-0.2, -0.15) is 0 Å². The SMILES string of the molecule is CC(C)(CCCN)CNC(=O)CCOCC(F)F. The van der Waals surface area contributed by atoms with Crippen LogP contribution in [-0.4, -0.2) is 38.6 Å². The lowest BCUT2D eigenvalue weighted by molar-refractivity contribution is -0.123. The van der Waals surface area contributed by atoms with Crippen LogP contribution < -0.4 is 11.1 Å². The maximum Gasteiger partial charge on any atom is 0.261 e. The van der Waals surface area contributed by atoms with Crippen molar-refractivity contribution < 1.29 is 18.3 Å². The molecule has 0 bridgehead atoms. The first kappa shape index (κ1) is 17.2. The van der Waals surface area contributed by atoms with E-state index in [-0.39, 0.29) is 24.3 Å². The first-order valence-corrected chi connectivity index (χ1v) is 6.20. The van der Waals surface area contributed by atoms with Crippen molar-refractivity contribution in [2.24, 2.45) is 11.1 Å². The fraction of sp³-hybridized carbons (Fsp3) is 0.917. The summed E-state index contributed by atoms with van der Waals surface area (Å²) < 4.78 is 28.1. The lowest BCUT2D eigenvalue weighted by Gasteiger charge is -2.24. The van der Waals surface area contributed by atoms with Crippen molar-refractivity contribution in [3.8, 4) is 0 Å². The molecule has 0 unspecified atom stereocenters. The van der Waals surface area contributed by atoms with E-state index in [9.17, 15) is 13.6 Å². The Balaban J connectivity index is 3.63. The Bertz CT molecular complexity index is 236. The van der Waals surface area contributed by atoms with Gasteiger partial charge >= 0.3 is 0 Å². The Morgan fingerprint density at radius 3 is 2.67 bits per heavy atom. The van der Waals surface area contributed by atoms with Crippen molar-refractivity contribution in [2.45, 2.75) is 39.5 Å². The molecule has 0 saturated carbocycles. The van der Waals surface area contributed by atoms with Gasteiger partial charge < -0.3 is 15.8 Å². The molecule has 0 aliphatic heterocycles. The summed E-state index contributed by atoms with van der Waals surface area (Å²) in [5, 5.41) is 2.77. The second kappa shape index (κ2) is 9.22. The fourth-order valence-electron chi connectivity index (χ4n) is 1.43. The third-order valence-electron chi connectivity index (χ3n) is 2.54. The van der Waals surface area contributed by atoms with Gasteiger partial charge in [-0.3, -0.25) is 4.79 Å². The summed E-state index contributed by atoms with van der Waals surface area (Å²) >= 11 is 0. The zero-order valence-electron chi connectivity index (χ0n) is 11.2. The Labute approximate surface area is 107 Å². The van der Waals surface area contributed by atoms with Crippen molar-refractivity contribution in [3.63, 3.8) is 0 Å². The maximum atomic E-state index is 11.7. The molecule has 0 aliphatic carbocycles. The smallest absolute Gasteiger partial charge is 0.261 e.